The van der Waals surface area contributed by atoms with E-state index in [0.717, 1.165) is 12.1 Å². The van der Waals surface area contributed by atoms with Gasteiger partial charge in [-0.3, -0.25) is 9.69 Å². The number of alkyl halides is 3. The lowest BCUT2D eigenvalue weighted by Gasteiger charge is -2.43. The zero-order valence-corrected chi connectivity index (χ0v) is 16.6. The number of nitrogens with zero attached hydrogens (tertiary/aromatic N) is 3. The van der Waals surface area contributed by atoms with Crippen molar-refractivity contribution in [3.8, 4) is 6.07 Å². The van der Waals surface area contributed by atoms with Crippen LogP contribution in [-0.4, -0.2) is 36.5 Å². The number of allylic oxidation sites excluding steroid dienone is 3. The van der Waals surface area contributed by atoms with Gasteiger partial charge in [-0.2, -0.15) is 18.4 Å². The summed E-state index contributed by atoms with van der Waals surface area (Å²) in [6, 6.07) is 5.36. The van der Waals surface area contributed by atoms with Crippen molar-refractivity contribution < 1.29 is 22.8 Å². The summed E-state index contributed by atoms with van der Waals surface area (Å²) in [4.78, 5) is 28.8. The Morgan fingerprint density at radius 3 is 2.68 bits per heavy atom. The van der Waals surface area contributed by atoms with E-state index in [2.05, 4.69) is 11.4 Å². The van der Waals surface area contributed by atoms with Gasteiger partial charge in [0.1, 0.15) is 0 Å². The fraction of sp³-hybridized carbons (Fsp3) is 0.318. The number of anilines is 1. The Labute approximate surface area is 176 Å². The maximum absolute atomic E-state index is 13.2. The molecule has 0 spiro atoms. The summed E-state index contributed by atoms with van der Waals surface area (Å²) in [6.07, 6.45) is 1.43. The molecule has 4 rings (SSSR count). The summed E-state index contributed by atoms with van der Waals surface area (Å²) >= 11 is 0. The second-order valence-corrected chi connectivity index (χ2v) is 7.68. The van der Waals surface area contributed by atoms with Crippen molar-refractivity contribution in [1.29, 1.82) is 5.26 Å². The average Bonchev–Trinajstić information content (AvgIpc) is 2.75. The molecule has 1 aliphatic carbocycles. The lowest BCUT2D eigenvalue weighted by Crippen LogP contribution is -2.58. The Hall–Kier alpha value is -3.54. The number of likely N-dealkylation sites (N-methyl/N-ethyl adjacent to an activating group) is 1. The van der Waals surface area contributed by atoms with Gasteiger partial charge in [0.25, 0.3) is 5.91 Å². The molecule has 0 bridgehead atoms. The summed E-state index contributed by atoms with van der Waals surface area (Å²) in [5.74, 6) is -0.517. The molecule has 0 saturated carbocycles. The number of carbonyl (C=O) groups is 2. The van der Waals surface area contributed by atoms with Crippen LogP contribution in [0.25, 0.3) is 0 Å². The monoisotopic (exact) mass is 428 g/mol. The fourth-order valence-electron chi connectivity index (χ4n) is 4.16. The largest absolute Gasteiger partial charge is 0.416 e. The van der Waals surface area contributed by atoms with Crippen LogP contribution in [0.5, 0.6) is 0 Å². The molecule has 2 atom stereocenters. The third-order valence-electron chi connectivity index (χ3n) is 5.76. The van der Waals surface area contributed by atoms with Crippen molar-refractivity contribution >= 4 is 17.6 Å². The van der Waals surface area contributed by atoms with Gasteiger partial charge in [0.15, 0.2) is 0 Å². The van der Waals surface area contributed by atoms with Gasteiger partial charge in [-0.1, -0.05) is 18.2 Å². The van der Waals surface area contributed by atoms with Gasteiger partial charge in [0.05, 0.1) is 28.9 Å². The number of nitriles is 1. The summed E-state index contributed by atoms with van der Waals surface area (Å²) in [5, 5.41) is 11.9. The molecule has 0 saturated heterocycles. The summed E-state index contributed by atoms with van der Waals surface area (Å²) in [7, 11) is 1.65. The van der Waals surface area contributed by atoms with E-state index in [1.807, 2.05) is 0 Å². The molecule has 0 aromatic heterocycles. The number of urea groups is 1. The van der Waals surface area contributed by atoms with Gasteiger partial charge in [-0.25, -0.2) is 4.79 Å². The van der Waals surface area contributed by atoms with E-state index in [4.69, 9.17) is 5.26 Å². The summed E-state index contributed by atoms with van der Waals surface area (Å²) in [5.41, 5.74) is 0.478. The molecule has 2 aliphatic heterocycles. The standard InChI is InChI=1S/C22H19F3N4O2/c1-28-10-9-17-18(20(28)30)19(14-7-5-13(12-26)6-8-14)27-21(31)29(17)16-4-2-3-15(11-16)22(23,24)25/h2-7,11,14,19H,8-10H2,1H3,(H,27,31)/t14?,19-/m1/s1. The first-order valence-corrected chi connectivity index (χ1v) is 9.75. The molecule has 31 heavy (non-hydrogen) atoms. The van der Waals surface area contributed by atoms with Gasteiger partial charge < -0.3 is 10.2 Å². The van der Waals surface area contributed by atoms with Crippen LogP contribution in [0.3, 0.4) is 0 Å². The topological polar surface area (TPSA) is 76.4 Å². The molecular weight excluding hydrogens is 409 g/mol. The van der Waals surface area contributed by atoms with Crippen LogP contribution in [0, 0.1) is 17.2 Å². The minimum atomic E-state index is -4.55. The number of rotatable bonds is 2. The van der Waals surface area contributed by atoms with E-state index in [1.54, 1.807) is 25.3 Å². The Morgan fingerprint density at radius 2 is 2.03 bits per heavy atom. The number of halogens is 3. The van der Waals surface area contributed by atoms with E-state index in [-0.39, 0.29) is 17.5 Å². The molecule has 1 unspecified atom stereocenters. The number of hydrogen-bond donors (Lipinski definition) is 1. The van der Waals surface area contributed by atoms with Crippen molar-refractivity contribution in [1.82, 2.24) is 10.2 Å². The first kappa shape index (κ1) is 20.7. The Morgan fingerprint density at radius 1 is 1.26 bits per heavy atom. The van der Waals surface area contributed by atoms with Crippen molar-refractivity contribution in [2.24, 2.45) is 5.92 Å². The van der Waals surface area contributed by atoms with Crippen LogP contribution in [0.4, 0.5) is 23.7 Å². The van der Waals surface area contributed by atoms with Crippen LogP contribution >= 0.6 is 0 Å². The Kier molecular flexibility index (Phi) is 5.09. The molecule has 2 heterocycles. The minimum Gasteiger partial charge on any atom is -0.341 e. The molecule has 9 heteroatoms. The normalized spacial score (nSPS) is 23.9. The van der Waals surface area contributed by atoms with Crippen LogP contribution in [-0.2, 0) is 11.0 Å². The highest BCUT2D eigenvalue weighted by Crippen LogP contribution is 2.38. The molecule has 6 nitrogen and oxygen atoms in total. The maximum atomic E-state index is 13.2. The molecule has 160 valence electrons. The van der Waals surface area contributed by atoms with Gasteiger partial charge in [0, 0.05) is 37.2 Å². The first-order valence-electron chi connectivity index (χ1n) is 9.75. The number of hydrogen-bond acceptors (Lipinski definition) is 3. The van der Waals surface area contributed by atoms with E-state index in [1.165, 1.54) is 21.9 Å². The number of nitrogens with one attached hydrogen (secondary N) is 1. The van der Waals surface area contributed by atoms with Crippen molar-refractivity contribution in [3.63, 3.8) is 0 Å². The van der Waals surface area contributed by atoms with Crippen LogP contribution in [0.2, 0.25) is 0 Å². The summed E-state index contributed by atoms with van der Waals surface area (Å²) in [6.45, 7) is 0.353. The van der Waals surface area contributed by atoms with Gasteiger partial charge in [-0.15, -0.1) is 0 Å². The minimum absolute atomic E-state index is 0.0569. The molecule has 3 amide bonds. The van der Waals surface area contributed by atoms with Crippen LogP contribution in [0.15, 0.2) is 59.3 Å². The van der Waals surface area contributed by atoms with Crippen molar-refractivity contribution in [2.75, 3.05) is 18.5 Å². The Balaban J connectivity index is 1.79. The molecule has 3 aliphatic rings. The molecule has 1 aromatic carbocycles. The number of benzene rings is 1. The predicted molar refractivity (Wildman–Crippen MR) is 106 cm³/mol. The zero-order chi connectivity index (χ0) is 22.3. The highest BCUT2D eigenvalue weighted by Gasteiger charge is 2.43. The average molecular weight is 428 g/mol. The Bertz CT molecular complexity index is 1080. The van der Waals surface area contributed by atoms with E-state index < -0.39 is 23.8 Å². The SMILES string of the molecule is CN1CCC2=C(C1=O)[C@@H](C1C=CC(C#N)=CC1)NC(=O)N2c1cccc(C(F)(F)F)c1. The predicted octanol–water partition coefficient (Wildman–Crippen LogP) is 3.75. The highest BCUT2D eigenvalue weighted by molar-refractivity contribution is 6.05. The fourth-order valence-corrected chi connectivity index (χ4v) is 4.16. The third-order valence-corrected chi connectivity index (χ3v) is 5.76. The van der Waals surface area contributed by atoms with Gasteiger partial charge in [0.2, 0.25) is 0 Å². The lowest BCUT2D eigenvalue weighted by atomic mass is 9.82. The maximum Gasteiger partial charge on any atom is 0.416 e. The molecule has 0 radical (unpaired) electrons. The van der Waals surface area contributed by atoms with Crippen LogP contribution in [0.1, 0.15) is 18.4 Å². The van der Waals surface area contributed by atoms with E-state index in [9.17, 15) is 22.8 Å². The van der Waals surface area contributed by atoms with Gasteiger partial charge >= 0.3 is 12.2 Å². The smallest absolute Gasteiger partial charge is 0.341 e. The number of amides is 3. The molecule has 1 N–H and O–H groups in total. The number of carbonyl (C=O) groups excluding carboxylic acids is 2. The van der Waals surface area contributed by atoms with Crippen molar-refractivity contribution in [2.45, 2.75) is 25.1 Å². The van der Waals surface area contributed by atoms with Crippen molar-refractivity contribution in [3.05, 3.63) is 64.9 Å². The second-order valence-electron chi connectivity index (χ2n) is 7.68. The van der Waals surface area contributed by atoms with Gasteiger partial charge in [-0.05, 0) is 30.7 Å². The van der Waals surface area contributed by atoms with E-state index >= 15 is 0 Å². The second kappa shape index (κ2) is 7.61. The summed E-state index contributed by atoms with van der Waals surface area (Å²) < 4.78 is 39.6. The van der Waals surface area contributed by atoms with Crippen LogP contribution < -0.4 is 10.2 Å². The molecule has 1 aromatic rings. The third kappa shape index (κ3) is 3.69. The zero-order valence-electron chi connectivity index (χ0n) is 16.6. The molecular formula is C22H19F3N4O2. The lowest BCUT2D eigenvalue weighted by molar-refractivity contribution is -0.137. The molecule has 0 fully saturated rings. The quantitative estimate of drug-likeness (QED) is 0.780. The van der Waals surface area contributed by atoms with E-state index in [0.29, 0.717) is 36.2 Å². The highest BCUT2D eigenvalue weighted by atomic mass is 19.4. The first-order chi connectivity index (χ1) is 14.7.